The van der Waals surface area contributed by atoms with Crippen LogP contribution < -0.4 is 0 Å². The zero-order valence-corrected chi connectivity index (χ0v) is 11.2. The van der Waals surface area contributed by atoms with Crippen molar-refractivity contribution in [1.29, 1.82) is 0 Å². The van der Waals surface area contributed by atoms with Gasteiger partial charge in [0.05, 0.1) is 5.60 Å². The van der Waals surface area contributed by atoms with Gasteiger partial charge in [0.15, 0.2) is 0 Å². The Balaban J connectivity index is 1.88. The molecule has 1 aromatic carbocycles. The minimum absolute atomic E-state index is 0.161. The van der Waals surface area contributed by atoms with Crippen LogP contribution in [0.5, 0.6) is 0 Å². The Morgan fingerprint density at radius 2 is 1.78 bits per heavy atom. The molecule has 0 amide bonds. The van der Waals surface area contributed by atoms with E-state index in [1.165, 1.54) is 0 Å². The fourth-order valence-corrected chi connectivity index (χ4v) is 5.40. The topological polar surface area (TPSA) is 37.3 Å². The fraction of sp³-hybridized carbons (Fsp3) is 0.467. The summed E-state index contributed by atoms with van der Waals surface area (Å²) < 4.78 is 12.0. The molecule has 3 rings (SSSR count). The number of hydrogen-bond acceptors (Lipinski definition) is 2. The first-order valence-corrected chi connectivity index (χ1v) is 7.74. The summed E-state index contributed by atoms with van der Waals surface area (Å²) in [5.74, 6) is 0. The van der Waals surface area contributed by atoms with Crippen LogP contribution in [-0.4, -0.2) is 25.4 Å². The first kappa shape index (κ1) is 12.1. The molecule has 1 N–H and O–H groups in total. The highest BCUT2D eigenvalue weighted by atomic mass is 32.2. The van der Waals surface area contributed by atoms with Crippen LogP contribution in [0.2, 0.25) is 0 Å². The van der Waals surface area contributed by atoms with E-state index >= 15 is 0 Å². The number of hydrogen-bond donors (Lipinski definition) is 1. The third-order valence-electron chi connectivity index (χ3n) is 4.28. The molecule has 2 atom stereocenters. The predicted octanol–water partition coefficient (Wildman–Crippen LogP) is 2.50. The number of aliphatic hydroxyl groups is 1. The van der Waals surface area contributed by atoms with Gasteiger partial charge in [-0.1, -0.05) is 36.9 Å². The van der Waals surface area contributed by atoms with Gasteiger partial charge in [-0.2, -0.15) is 0 Å². The minimum Gasteiger partial charge on any atom is -0.385 e. The van der Waals surface area contributed by atoms with Gasteiger partial charge in [0, 0.05) is 21.3 Å². The highest BCUT2D eigenvalue weighted by molar-refractivity contribution is 7.86. The van der Waals surface area contributed by atoms with Gasteiger partial charge in [-0.05, 0) is 36.8 Å². The van der Waals surface area contributed by atoms with Crippen molar-refractivity contribution in [3.8, 4) is 0 Å². The predicted molar refractivity (Wildman–Crippen MR) is 74.6 cm³/mol. The summed E-state index contributed by atoms with van der Waals surface area (Å²) in [5, 5.41) is 11.2. The third kappa shape index (κ3) is 1.86. The average molecular weight is 262 g/mol. The highest BCUT2D eigenvalue weighted by Crippen LogP contribution is 2.45. The van der Waals surface area contributed by atoms with Crippen molar-refractivity contribution in [2.24, 2.45) is 0 Å². The Morgan fingerprint density at radius 1 is 1.22 bits per heavy atom. The van der Waals surface area contributed by atoms with Crippen molar-refractivity contribution in [2.75, 3.05) is 0 Å². The van der Waals surface area contributed by atoms with Crippen LogP contribution in [0.3, 0.4) is 0 Å². The molecule has 1 aromatic rings. The molecule has 2 fully saturated rings. The lowest BCUT2D eigenvalue weighted by atomic mass is 9.83. The van der Waals surface area contributed by atoms with E-state index in [1.807, 2.05) is 30.3 Å². The Labute approximate surface area is 110 Å². The van der Waals surface area contributed by atoms with Gasteiger partial charge in [0.1, 0.15) is 0 Å². The smallest absolute Gasteiger partial charge is 0.0919 e. The van der Waals surface area contributed by atoms with E-state index in [1.54, 1.807) is 0 Å². The SMILES string of the molecule is C=C(c1ccccc1)C1(O)CC2CCC(C1)S2=O. The molecule has 2 aliphatic heterocycles. The summed E-state index contributed by atoms with van der Waals surface area (Å²) in [5.41, 5.74) is 0.921. The second kappa shape index (κ2) is 4.32. The fourth-order valence-electron chi connectivity index (χ4n) is 3.24. The van der Waals surface area contributed by atoms with Crippen LogP contribution in [0.1, 0.15) is 31.2 Å². The van der Waals surface area contributed by atoms with Crippen molar-refractivity contribution < 1.29 is 9.32 Å². The largest absolute Gasteiger partial charge is 0.385 e. The molecule has 0 saturated carbocycles. The summed E-state index contributed by atoms with van der Waals surface area (Å²) in [7, 11) is -0.739. The van der Waals surface area contributed by atoms with Gasteiger partial charge in [-0.15, -0.1) is 0 Å². The van der Waals surface area contributed by atoms with Gasteiger partial charge in [0.2, 0.25) is 0 Å². The summed E-state index contributed by atoms with van der Waals surface area (Å²) >= 11 is 0. The highest BCUT2D eigenvalue weighted by Gasteiger charge is 2.48. The Bertz CT molecular complexity index is 478. The summed E-state index contributed by atoms with van der Waals surface area (Å²) in [4.78, 5) is 0. The van der Waals surface area contributed by atoms with Crippen LogP contribution in [0.25, 0.3) is 5.57 Å². The van der Waals surface area contributed by atoms with Gasteiger partial charge in [-0.3, -0.25) is 4.21 Å². The minimum atomic E-state index is -0.860. The molecule has 2 saturated heterocycles. The molecule has 0 spiro atoms. The quantitative estimate of drug-likeness (QED) is 0.889. The lowest BCUT2D eigenvalue weighted by Crippen LogP contribution is -2.43. The maximum atomic E-state index is 12.0. The van der Waals surface area contributed by atoms with E-state index in [4.69, 9.17) is 0 Å². The molecule has 2 aliphatic rings. The molecule has 2 nitrogen and oxygen atoms in total. The Morgan fingerprint density at radius 3 is 2.33 bits per heavy atom. The molecular weight excluding hydrogens is 244 g/mol. The molecule has 2 heterocycles. The van der Waals surface area contributed by atoms with Gasteiger partial charge in [-0.25, -0.2) is 0 Å². The van der Waals surface area contributed by atoms with Crippen molar-refractivity contribution in [3.63, 3.8) is 0 Å². The van der Waals surface area contributed by atoms with E-state index in [0.29, 0.717) is 12.8 Å². The normalized spacial score (nSPS) is 38.6. The first-order chi connectivity index (χ1) is 8.60. The maximum Gasteiger partial charge on any atom is 0.0919 e. The van der Waals surface area contributed by atoms with Crippen molar-refractivity contribution in [3.05, 3.63) is 42.5 Å². The van der Waals surface area contributed by atoms with E-state index in [-0.39, 0.29) is 10.5 Å². The maximum absolute atomic E-state index is 12.0. The molecule has 2 bridgehead atoms. The van der Waals surface area contributed by atoms with E-state index < -0.39 is 16.4 Å². The van der Waals surface area contributed by atoms with Crippen molar-refractivity contribution >= 4 is 16.4 Å². The second-order valence-corrected chi connectivity index (χ2v) is 7.42. The van der Waals surface area contributed by atoms with Crippen molar-refractivity contribution in [1.82, 2.24) is 0 Å². The van der Waals surface area contributed by atoms with Crippen LogP contribution in [-0.2, 0) is 10.8 Å². The second-order valence-electron chi connectivity index (χ2n) is 5.43. The molecule has 18 heavy (non-hydrogen) atoms. The summed E-state index contributed by atoms with van der Waals surface area (Å²) in [6.45, 7) is 4.09. The molecule has 0 aliphatic carbocycles. The number of fused-ring (bicyclic) bond motifs is 2. The summed E-state index contributed by atoms with van der Waals surface area (Å²) in [6.07, 6.45) is 3.18. The van der Waals surface area contributed by atoms with Gasteiger partial charge in [0.25, 0.3) is 0 Å². The zero-order valence-electron chi connectivity index (χ0n) is 10.3. The van der Waals surface area contributed by atoms with Crippen LogP contribution >= 0.6 is 0 Å². The van der Waals surface area contributed by atoms with Crippen molar-refractivity contribution in [2.45, 2.75) is 41.8 Å². The van der Waals surface area contributed by atoms with Crippen LogP contribution in [0.15, 0.2) is 36.9 Å². The van der Waals surface area contributed by atoms with Crippen LogP contribution in [0, 0.1) is 0 Å². The first-order valence-electron chi connectivity index (χ1n) is 6.47. The summed E-state index contributed by atoms with van der Waals surface area (Å²) in [6, 6.07) is 9.83. The molecule has 0 radical (unpaired) electrons. The molecule has 2 unspecified atom stereocenters. The van der Waals surface area contributed by atoms with E-state index in [9.17, 15) is 9.32 Å². The van der Waals surface area contributed by atoms with E-state index in [2.05, 4.69) is 6.58 Å². The molecule has 0 aromatic heterocycles. The molecule has 3 heteroatoms. The van der Waals surface area contributed by atoms with Crippen LogP contribution in [0.4, 0.5) is 0 Å². The number of benzene rings is 1. The Hall–Kier alpha value is -0.930. The van der Waals surface area contributed by atoms with Gasteiger partial charge < -0.3 is 5.11 Å². The van der Waals surface area contributed by atoms with E-state index in [0.717, 1.165) is 24.0 Å². The third-order valence-corrected chi connectivity index (χ3v) is 6.40. The lowest BCUT2D eigenvalue weighted by Gasteiger charge is -2.37. The monoisotopic (exact) mass is 262 g/mol. The number of rotatable bonds is 2. The Kier molecular flexibility index (Phi) is 2.91. The lowest BCUT2D eigenvalue weighted by molar-refractivity contribution is 0.0829. The van der Waals surface area contributed by atoms with Gasteiger partial charge >= 0.3 is 0 Å². The zero-order chi connectivity index (χ0) is 12.8. The standard InChI is InChI=1S/C15H18O2S/c1-11(12-5-3-2-4-6-12)15(16)9-13-7-8-14(10-15)18(13)17/h2-6,13-14,16H,1,7-10H2. The molecule has 96 valence electrons. The average Bonchev–Trinajstić information content (AvgIpc) is 2.63. The molecular formula is C15H18O2S.